The molecule has 0 amide bonds. The van der Waals surface area contributed by atoms with Crippen LogP contribution in [-0.4, -0.2) is 32.4 Å². The molecule has 0 saturated heterocycles. The van der Waals surface area contributed by atoms with Gasteiger partial charge in [-0.1, -0.05) is 40.0 Å². The minimum absolute atomic E-state index is 0.457. The zero-order chi connectivity index (χ0) is 16.6. The summed E-state index contributed by atoms with van der Waals surface area (Å²) in [5, 5.41) is 0. The maximum atomic E-state index is 12.6. The molecule has 0 saturated carbocycles. The molecule has 0 unspecified atom stereocenters. The Balaban J connectivity index is 5.30. The van der Waals surface area contributed by atoms with Crippen LogP contribution >= 0.6 is 7.49 Å². The molecule has 0 aromatic heterocycles. The summed E-state index contributed by atoms with van der Waals surface area (Å²) < 4.78 is 65.6. The van der Waals surface area contributed by atoms with Crippen LogP contribution in [0.4, 0.5) is 13.2 Å². The predicted molar refractivity (Wildman–Crippen MR) is 82.3 cm³/mol. The lowest BCUT2D eigenvalue weighted by Gasteiger charge is -2.25. The standard InChI is InChI=1S/C13H27F3O3PS/c1-4-7-10-20(11-8-5-2,12-9-6-3)19-21(17,18)13(14,15)16/h4-12H2,1-3H3/q+1. The molecule has 3 nitrogen and oxygen atoms in total. The van der Waals surface area contributed by atoms with E-state index in [9.17, 15) is 21.6 Å². The van der Waals surface area contributed by atoms with Gasteiger partial charge in [0.15, 0.2) is 7.49 Å². The van der Waals surface area contributed by atoms with Gasteiger partial charge in [-0.2, -0.15) is 21.6 Å². The van der Waals surface area contributed by atoms with E-state index >= 15 is 0 Å². The van der Waals surface area contributed by atoms with Crippen molar-refractivity contribution in [2.75, 3.05) is 18.5 Å². The van der Waals surface area contributed by atoms with Gasteiger partial charge in [-0.15, -0.1) is 3.97 Å². The molecule has 0 spiro atoms. The van der Waals surface area contributed by atoms with Crippen LogP contribution < -0.4 is 0 Å². The van der Waals surface area contributed by atoms with Crippen LogP contribution in [0.15, 0.2) is 0 Å². The van der Waals surface area contributed by atoms with Crippen molar-refractivity contribution in [1.82, 2.24) is 0 Å². The van der Waals surface area contributed by atoms with Gasteiger partial charge in [0.05, 0.1) is 18.5 Å². The highest BCUT2D eigenvalue weighted by Crippen LogP contribution is 2.64. The van der Waals surface area contributed by atoms with Gasteiger partial charge in [0.1, 0.15) is 0 Å². The summed E-state index contributed by atoms with van der Waals surface area (Å²) in [4.78, 5) is 0. The Morgan fingerprint density at radius 1 is 0.857 bits per heavy atom. The fourth-order valence-electron chi connectivity index (χ4n) is 2.04. The quantitative estimate of drug-likeness (QED) is 0.380. The highest BCUT2D eigenvalue weighted by atomic mass is 32.2. The molecule has 0 N–H and O–H groups in total. The van der Waals surface area contributed by atoms with Crippen molar-refractivity contribution in [1.29, 1.82) is 0 Å². The van der Waals surface area contributed by atoms with Gasteiger partial charge in [-0.3, -0.25) is 0 Å². The average Bonchev–Trinajstić information content (AvgIpc) is 2.38. The molecule has 0 rings (SSSR count). The van der Waals surface area contributed by atoms with Crippen molar-refractivity contribution in [3.8, 4) is 0 Å². The van der Waals surface area contributed by atoms with Gasteiger partial charge >= 0.3 is 15.6 Å². The van der Waals surface area contributed by atoms with Gasteiger partial charge in [0.25, 0.3) is 0 Å². The highest BCUT2D eigenvalue weighted by molar-refractivity contribution is 7.94. The summed E-state index contributed by atoms with van der Waals surface area (Å²) in [6, 6.07) is 0. The Kier molecular flexibility index (Phi) is 9.37. The third kappa shape index (κ3) is 7.29. The van der Waals surface area contributed by atoms with Gasteiger partial charge in [-0.05, 0) is 19.3 Å². The number of rotatable bonds is 11. The van der Waals surface area contributed by atoms with Crippen molar-refractivity contribution in [3.05, 3.63) is 0 Å². The maximum Gasteiger partial charge on any atom is 0.526 e. The molecule has 0 aromatic rings. The summed E-state index contributed by atoms with van der Waals surface area (Å²) >= 11 is 0. The van der Waals surface area contributed by atoms with Crippen molar-refractivity contribution in [2.45, 2.75) is 64.8 Å². The van der Waals surface area contributed by atoms with Gasteiger partial charge in [0, 0.05) is 0 Å². The molecule has 0 fully saturated rings. The van der Waals surface area contributed by atoms with E-state index in [1.807, 2.05) is 20.8 Å². The van der Waals surface area contributed by atoms with Crippen LogP contribution in [0.3, 0.4) is 0 Å². The number of hydrogen-bond acceptors (Lipinski definition) is 3. The van der Waals surface area contributed by atoms with Crippen LogP contribution in [0.25, 0.3) is 0 Å². The van der Waals surface area contributed by atoms with Gasteiger partial charge < -0.3 is 0 Å². The Labute approximate surface area is 127 Å². The molecule has 0 aliphatic carbocycles. The van der Waals surface area contributed by atoms with Crippen LogP contribution in [0.2, 0.25) is 0 Å². The summed E-state index contributed by atoms with van der Waals surface area (Å²) in [6.07, 6.45) is 5.93. The Morgan fingerprint density at radius 2 is 1.19 bits per heavy atom. The number of unbranched alkanes of at least 4 members (excludes halogenated alkanes) is 3. The highest BCUT2D eigenvalue weighted by Gasteiger charge is 2.55. The zero-order valence-corrected chi connectivity index (χ0v) is 14.8. The zero-order valence-electron chi connectivity index (χ0n) is 13.1. The van der Waals surface area contributed by atoms with Crippen LogP contribution in [0.1, 0.15) is 59.3 Å². The molecule has 0 aliphatic heterocycles. The largest absolute Gasteiger partial charge is 0.526 e. The van der Waals surface area contributed by atoms with Crippen molar-refractivity contribution in [3.63, 3.8) is 0 Å². The van der Waals surface area contributed by atoms with E-state index in [0.717, 1.165) is 19.3 Å². The summed E-state index contributed by atoms with van der Waals surface area (Å²) in [5.74, 6) is 0. The first-order chi connectivity index (χ1) is 9.64. The van der Waals surface area contributed by atoms with Gasteiger partial charge in [0.2, 0.25) is 0 Å². The number of halogens is 3. The minimum Gasteiger partial charge on any atom is -0.186 e. The molecule has 8 heteroatoms. The third-order valence-electron chi connectivity index (χ3n) is 3.30. The van der Waals surface area contributed by atoms with Crippen LogP contribution in [0, 0.1) is 0 Å². The van der Waals surface area contributed by atoms with E-state index in [1.54, 1.807) is 0 Å². The maximum absolute atomic E-state index is 12.6. The first-order valence-electron chi connectivity index (χ1n) is 7.52. The lowest BCUT2D eigenvalue weighted by molar-refractivity contribution is -0.0498. The molecular formula is C13H27F3O3PS+. The molecule has 0 atom stereocenters. The second kappa shape index (κ2) is 9.31. The van der Waals surface area contributed by atoms with E-state index in [0.29, 0.717) is 37.7 Å². The fourth-order valence-corrected chi connectivity index (χ4v) is 8.28. The smallest absolute Gasteiger partial charge is 0.186 e. The first kappa shape index (κ1) is 21.1. The molecule has 0 aromatic carbocycles. The molecule has 128 valence electrons. The number of hydrogen-bond donors (Lipinski definition) is 0. The molecular weight excluding hydrogens is 324 g/mol. The number of alkyl halides is 3. The molecule has 0 radical (unpaired) electrons. The predicted octanol–water partition coefficient (Wildman–Crippen LogP) is 5.19. The Morgan fingerprint density at radius 3 is 1.43 bits per heavy atom. The topological polar surface area (TPSA) is 43.4 Å². The van der Waals surface area contributed by atoms with Crippen molar-refractivity contribution < 1.29 is 25.6 Å². The molecule has 21 heavy (non-hydrogen) atoms. The van der Waals surface area contributed by atoms with Crippen LogP contribution in [-0.2, 0) is 14.1 Å². The molecule has 0 bridgehead atoms. The fraction of sp³-hybridized carbons (Fsp3) is 1.00. The second-order valence-corrected chi connectivity index (χ2v) is 10.7. The van der Waals surface area contributed by atoms with E-state index in [2.05, 4.69) is 0 Å². The summed E-state index contributed by atoms with van der Waals surface area (Å²) in [7, 11) is -8.07. The van der Waals surface area contributed by atoms with E-state index in [4.69, 9.17) is 3.97 Å². The minimum atomic E-state index is -5.50. The van der Waals surface area contributed by atoms with Crippen molar-refractivity contribution >= 4 is 17.6 Å². The normalized spacial score (nSPS) is 13.6. The first-order valence-corrected chi connectivity index (χ1v) is 11.2. The summed E-state index contributed by atoms with van der Waals surface area (Å²) in [5.41, 5.74) is -5.33. The third-order valence-corrected chi connectivity index (χ3v) is 9.31. The summed E-state index contributed by atoms with van der Waals surface area (Å²) in [6.45, 7) is 5.81. The Bertz CT molecular complexity index is 361. The van der Waals surface area contributed by atoms with Crippen LogP contribution in [0.5, 0.6) is 0 Å². The van der Waals surface area contributed by atoms with E-state index < -0.39 is 23.1 Å². The second-order valence-electron chi connectivity index (χ2n) is 5.26. The van der Waals surface area contributed by atoms with E-state index in [1.165, 1.54) is 0 Å². The molecule has 0 aliphatic rings. The SMILES string of the molecule is CCCC[P+](CCCC)(CCCC)OS(=O)(=O)C(F)(F)F. The monoisotopic (exact) mass is 351 g/mol. The lowest BCUT2D eigenvalue weighted by Crippen LogP contribution is -2.28. The molecule has 0 heterocycles. The van der Waals surface area contributed by atoms with Crippen molar-refractivity contribution in [2.24, 2.45) is 0 Å². The lowest BCUT2D eigenvalue weighted by atomic mass is 10.4. The Hall–Kier alpha value is 0.130. The average molecular weight is 351 g/mol. The van der Waals surface area contributed by atoms with E-state index in [-0.39, 0.29) is 0 Å². The van der Waals surface area contributed by atoms with Gasteiger partial charge in [-0.25, -0.2) is 0 Å².